The number of aliphatic hydroxyl groups is 1. The van der Waals surface area contributed by atoms with Crippen LogP contribution in [-0.4, -0.2) is 25.1 Å². The average molecular weight is 276 g/mol. The van der Waals surface area contributed by atoms with E-state index in [-0.39, 0.29) is 12.4 Å². The molecule has 0 aliphatic rings. The molecule has 1 aromatic carbocycles. The molecule has 96 valence electrons. The van der Waals surface area contributed by atoms with Crippen molar-refractivity contribution in [2.45, 2.75) is 6.61 Å². The summed E-state index contributed by atoms with van der Waals surface area (Å²) in [6.45, 7) is -0.154. The summed E-state index contributed by atoms with van der Waals surface area (Å²) < 4.78 is 14.3. The minimum Gasteiger partial charge on any atom is -0.390 e. The van der Waals surface area contributed by atoms with E-state index in [1.165, 1.54) is 34.3 Å². The second kappa shape index (κ2) is 4.87. The molecule has 7 heteroatoms. The zero-order valence-electron chi connectivity index (χ0n) is 9.69. The van der Waals surface area contributed by atoms with Crippen molar-refractivity contribution < 1.29 is 9.50 Å². The fourth-order valence-corrected chi connectivity index (χ4v) is 2.45. The first kappa shape index (κ1) is 11.9. The van der Waals surface area contributed by atoms with Crippen molar-refractivity contribution in [2.75, 3.05) is 0 Å². The standard InChI is InChI=1S/C12H9FN4OS/c13-9-3-1-8(2-4-9)11-7-19-12(15-11)17-10(6-18)5-14-16-17/h1-5,7,18H,6H2. The lowest BCUT2D eigenvalue weighted by Crippen LogP contribution is -2.01. The molecule has 1 N–H and O–H groups in total. The van der Waals surface area contributed by atoms with Gasteiger partial charge in [-0.3, -0.25) is 0 Å². The van der Waals surface area contributed by atoms with Gasteiger partial charge in [0.25, 0.3) is 0 Å². The summed E-state index contributed by atoms with van der Waals surface area (Å²) in [6.07, 6.45) is 1.49. The van der Waals surface area contributed by atoms with E-state index in [1.807, 2.05) is 5.38 Å². The van der Waals surface area contributed by atoms with Crippen molar-refractivity contribution >= 4 is 11.3 Å². The first-order valence-corrected chi connectivity index (χ1v) is 6.38. The predicted octanol–water partition coefficient (Wildman–Crippen LogP) is 2.02. The molecule has 3 rings (SSSR count). The molecule has 0 saturated carbocycles. The second-order valence-corrected chi connectivity index (χ2v) is 4.65. The van der Waals surface area contributed by atoms with Gasteiger partial charge in [0.2, 0.25) is 5.13 Å². The van der Waals surface area contributed by atoms with Gasteiger partial charge in [0.15, 0.2) is 0 Å². The zero-order valence-corrected chi connectivity index (χ0v) is 10.5. The fraction of sp³-hybridized carbons (Fsp3) is 0.0833. The van der Waals surface area contributed by atoms with Crippen LogP contribution < -0.4 is 0 Å². The summed E-state index contributed by atoms with van der Waals surface area (Å²) in [4.78, 5) is 4.41. The number of thiazole rings is 1. The molecule has 0 fully saturated rings. The molecule has 0 aliphatic heterocycles. The number of aromatic nitrogens is 4. The van der Waals surface area contributed by atoms with Crippen LogP contribution in [0.5, 0.6) is 0 Å². The Morgan fingerprint density at radius 2 is 2.05 bits per heavy atom. The highest BCUT2D eigenvalue weighted by molar-refractivity contribution is 7.12. The molecule has 5 nitrogen and oxygen atoms in total. The van der Waals surface area contributed by atoms with Gasteiger partial charge < -0.3 is 5.11 Å². The molecule has 0 unspecified atom stereocenters. The second-order valence-electron chi connectivity index (χ2n) is 3.82. The van der Waals surface area contributed by atoms with Crippen molar-refractivity contribution in [1.29, 1.82) is 0 Å². The molecule has 2 heterocycles. The lowest BCUT2D eigenvalue weighted by molar-refractivity contribution is 0.273. The summed E-state index contributed by atoms with van der Waals surface area (Å²) in [5, 5.41) is 19.2. The van der Waals surface area contributed by atoms with Gasteiger partial charge in [-0.1, -0.05) is 5.21 Å². The monoisotopic (exact) mass is 276 g/mol. The van der Waals surface area contributed by atoms with E-state index in [9.17, 15) is 4.39 Å². The van der Waals surface area contributed by atoms with Crippen LogP contribution in [0.25, 0.3) is 16.4 Å². The molecule has 0 atom stereocenters. The SMILES string of the molecule is OCc1cnnn1-c1nc(-c2ccc(F)cc2)cs1. The Kier molecular flexibility index (Phi) is 3.06. The highest BCUT2D eigenvalue weighted by atomic mass is 32.1. The molecule has 0 saturated heterocycles. The highest BCUT2D eigenvalue weighted by Gasteiger charge is 2.10. The van der Waals surface area contributed by atoms with Crippen LogP contribution in [0.3, 0.4) is 0 Å². The van der Waals surface area contributed by atoms with E-state index in [0.717, 1.165) is 11.3 Å². The summed E-state index contributed by atoms with van der Waals surface area (Å²) in [5.74, 6) is -0.280. The van der Waals surface area contributed by atoms with Crippen molar-refractivity contribution in [3.63, 3.8) is 0 Å². The van der Waals surface area contributed by atoms with Gasteiger partial charge in [-0.05, 0) is 24.3 Å². The minimum atomic E-state index is -0.280. The maximum atomic E-state index is 12.9. The van der Waals surface area contributed by atoms with Gasteiger partial charge in [0.05, 0.1) is 24.2 Å². The fourth-order valence-electron chi connectivity index (χ4n) is 1.64. The number of rotatable bonds is 3. The van der Waals surface area contributed by atoms with Crippen LogP contribution in [0.15, 0.2) is 35.8 Å². The summed E-state index contributed by atoms with van der Waals surface area (Å²) in [7, 11) is 0. The minimum absolute atomic E-state index is 0.154. The number of hydrogen-bond acceptors (Lipinski definition) is 5. The largest absolute Gasteiger partial charge is 0.390 e. The van der Waals surface area contributed by atoms with Gasteiger partial charge in [-0.25, -0.2) is 9.37 Å². The number of benzene rings is 1. The first-order chi connectivity index (χ1) is 9.28. The van der Waals surface area contributed by atoms with E-state index in [2.05, 4.69) is 15.3 Å². The summed E-state index contributed by atoms with van der Waals surface area (Å²) in [5.41, 5.74) is 2.13. The van der Waals surface area contributed by atoms with Crippen LogP contribution in [0.4, 0.5) is 4.39 Å². The average Bonchev–Trinajstić information content (AvgIpc) is 3.07. The molecule has 0 radical (unpaired) electrons. The number of hydrogen-bond donors (Lipinski definition) is 1. The van der Waals surface area contributed by atoms with Gasteiger partial charge in [-0.15, -0.1) is 16.4 Å². The van der Waals surface area contributed by atoms with Crippen molar-refractivity contribution in [1.82, 2.24) is 20.0 Å². The van der Waals surface area contributed by atoms with Gasteiger partial charge >= 0.3 is 0 Å². The van der Waals surface area contributed by atoms with Crippen LogP contribution in [0, 0.1) is 5.82 Å². The lowest BCUT2D eigenvalue weighted by Gasteiger charge is -1.98. The molecule has 0 amide bonds. The van der Waals surface area contributed by atoms with E-state index >= 15 is 0 Å². The molecule has 0 spiro atoms. The van der Waals surface area contributed by atoms with Crippen LogP contribution >= 0.6 is 11.3 Å². The first-order valence-electron chi connectivity index (χ1n) is 5.50. The van der Waals surface area contributed by atoms with Gasteiger partial charge in [0.1, 0.15) is 5.82 Å². The van der Waals surface area contributed by atoms with Crippen LogP contribution in [-0.2, 0) is 6.61 Å². The Morgan fingerprint density at radius 3 is 2.79 bits per heavy atom. The Morgan fingerprint density at radius 1 is 1.26 bits per heavy atom. The quantitative estimate of drug-likeness (QED) is 0.795. The lowest BCUT2D eigenvalue weighted by atomic mass is 10.2. The maximum Gasteiger partial charge on any atom is 0.212 e. The molecular formula is C12H9FN4OS. The van der Waals surface area contributed by atoms with Gasteiger partial charge in [-0.2, -0.15) is 4.68 Å². The Bertz CT molecular complexity index is 692. The van der Waals surface area contributed by atoms with E-state index in [4.69, 9.17) is 5.11 Å². The Labute approximate surface area is 112 Å². The summed E-state index contributed by atoms with van der Waals surface area (Å²) >= 11 is 1.38. The third kappa shape index (κ3) is 2.25. The van der Waals surface area contributed by atoms with Crippen molar-refractivity contribution in [3.05, 3.63) is 47.4 Å². The normalized spacial score (nSPS) is 10.8. The smallest absolute Gasteiger partial charge is 0.212 e. The molecule has 0 bridgehead atoms. The third-order valence-corrected chi connectivity index (χ3v) is 3.41. The molecule has 3 aromatic rings. The van der Waals surface area contributed by atoms with E-state index < -0.39 is 0 Å². The molecule has 2 aromatic heterocycles. The third-order valence-electron chi connectivity index (χ3n) is 2.60. The number of nitrogens with zero attached hydrogens (tertiary/aromatic N) is 4. The predicted molar refractivity (Wildman–Crippen MR) is 68.3 cm³/mol. The van der Waals surface area contributed by atoms with Crippen LogP contribution in [0.1, 0.15) is 5.69 Å². The zero-order chi connectivity index (χ0) is 13.2. The topological polar surface area (TPSA) is 63.8 Å². The highest BCUT2D eigenvalue weighted by Crippen LogP contribution is 2.24. The Hall–Kier alpha value is -2.12. The van der Waals surface area contributed by atoms with Gasteiger partial charge in [0, 0.05) is 10.9 Å². The Balaban J connectivity index is 1.97. The number of aliphatic hydroxyl groups excluding tert-OH is 1. The number of halogens is 1. The summed E-state index contributed by atoms with van der Waals surface area (Å²) in [6, 6.07) is 6.12. The van der Waals surface area contributed by atoms with E-state index in [1.54, 1.807) is 12.1 Å². The van der Waals surface area contributed by atoms with E-state index in [0.29, 0.717) is 10.8 Å². The molecule has 19 heavy (non-hydrogen) atoms. The van der Waals surface area contributed by atoms with Crippen molar-refractivity contribution in [3.8, 4) is 16.4 Å². The molecule has 0 aliphatic carbocycles. The van der Waals surface area contributed by atoms with Crippen molar-refractivity contribution in [2.24, 2.45) is 0 Å². The molecular weight excluding hydrogens is 267 g/mol. The van der Waals surface area contributed by atoms with Crippen LogP contribution in [0.2, 0.25) is 0 Å². The maximum absolute atomic E-state index is 12.9.